The lowest BCUT2D eigenvalue weighted by molar-refractivity contribution is 0.0709. The number of hydrogen-bond acceptors (Lipinski definition) is 5. The van der Waals surface area contributed by atoms with E-state index >= 15 is 0 Å². The van der Waals surface area contributed by atoms with Gasteiger partial charge in [-0.05, 0) is 13.0 Å². The van der Waals surface area contributed by atoms with E-state index in [0.29, 0.717) is 18.7 Å². The summed E-state index contributed by atoms with van der Waals surface area (Å²) in [6.07, 6.45) is 1.43. The van der Waals surface area contributed by atoms with Gasteiger partial charge >= 0.3 is 5.69 Å². The summed E-state index contributed by atoms with van der Waals surface area (Å²) in [5.74, 6) is -0.149. The maximum atomic E-state index is 12.6. The van der Waals surface area contributed by atoms with Gasteiger partial charge in [-0.3, -0.25) is 18.7 Å². The monoisotopic (exact) mass is 317 g/mol. The van der Waals surface area contributed by atoms with E-state index in [1.807, 2.05) is 6.92 Å². The number of fused-ring (bicyclic) bond motifs is 1. The molecule has 1 amide bonds. The minimum absolute atomic E-state index is 0.149. The molecule has 3 heterocycles. The van der Waals surface area contributed by atoms with Crippen molar-refractivity contribution in [1.82, 2.24) is 24.3 Å². The maximum Gasteiger partial charge on any atom is 0.332 e. The third-order valence-corrected chi connectivity index (χ3v) is 4.20. The molecule has 0 radical (unpaired) electrons. The molecule has 1 aliphatic rings. The first-order valence-electron chi connectivity index (χ1n) is 7.48. The van der Waals surface area contributed by atoms with Crippen molar-refractivity contribution in [2.45, 2.75) is 13.0 Å². The first-order valence-corrected chi connectivity index (χ1v) is 7.48. The van der Waals surface area contributed by atoms with Gasteiger partial charge in [0.05, 0.1) is 10.9 Å². The first-order chi connectivity index (χ1) is 10.9. The van der Waals surface area contributed by atoms with Crippen molar-refractivity contribution in [3.05, 3.63) is 38.7 Å². The number of aryl methyl sites for hydroxylation is 1. The van der Waals surface area contributed by atoms with Crippen LogP contribution in [0.15, 0.2) is 21.9 Å². The summed E-state index contributed by atoms with van der Waals surface area (Å²) in [5.41, 5.74) is -0.241. The van der Waals surface area contributed by atoms with Crippen molar-refractivity contribution in [3.63, 3.8) is 0 Å². The fourth-order valence-corrected chi connectivity index (χ4v) is 2.88. The number of nitrogens with one attached hydrogen (secondary N) is 1. The van der Waals surface area contributed by atoms with Gasteiger partial charge in [0.25, 0.3) is 11.5 Å². The zero-order valence-corrected chi connectivity index (χ0v) is 13.4. The fourth-order valence-electron chi connectivity index (χ4n) is 2.88. The summed E-state index contributed by atoms with van der Waals surface area (Å²) in [6, 6.07) is 1.76. The Balaban J connectivity index is 2.08. The summed E-state index contributed by atoms with van der Waals surface area (Å²) in [5, 5.41) is 3.54. The second-order valence-corrected chi connectivity index (χ2v) is 5.91. The molecule has 8 heteroatoms. The number of rotatable bonds is 1. The van der Waals surface area contributed by atoms with Crippen molar-refractivity contribution in [2.24, 2.45) is 14.1 Å². The van der Waals surface area contributed by atoms with Gasteiger partial charge in [-0.15, -0.1) is 0 Å². The average Bonchev–Trinajstić information content (AvgIpc) is 2.57. The molecule has 2 aromatic heterocycles. The first kappa shape index (κ1) is 15.4. The lowest BCUT2D eigenvalue weighted by Gasteiger charge is -2.31. The van der Waals surface area contributed by atoms with Gasteiger partial charge in [-0.2, -0.15) is 0 Å². The molecular weight excluding hydrogens is 298 g/mol. The van der Waals surface area contributed by atoms with Gasteiger partial charge < -0.3 is 10.2 Å². The van der Waals surface area contributed by atoms with E-state index < -0.39 is 11.2 Å². The highest BCUT2D eigenvalue weighted by Gasteiger charge is 2.22. The minimum Gasteiger partial charge on any atom is -0.336 e. The van der Waals surface area contributed by atoms with Gasteiger partial charge in [-0.1, -0.05) is 0 Å². The molecule has 1 fully saturated rings. The Morgan fingerprint density at radius 2 is 2.04 bits per heavy atom. The number of amides is 1. The van der Waals surface area contributed by atoms with Crippen molar-refractivity contribution < 1.29 is 4.79 Å². The lowest BCUT2D eigenvalue weighted by Crippen LogP contribution is -2.51. The molecule has 1 atom stereocenters. The second kappa shape index (κ2) is 5.62. The molecule has 0 aromatic carbocycles. The van der Waals surface area contributed by atoms with Gasteiger partial charge in [0.15, 0.2) is 0 Å². The Kier molecular flexibility index (Phi) is 3.77. The topological polar surface area (TPSA) is 89.2 Å². The number of carbonyl (C=O) groups is 1. The standard InChI is InChI=1S/C15H19N5O3/c1-9-8-20(5-4-16-9)13(21)10-6-11-12(17-7-10)18(2)15(23)19(3)14(11)22/h6-7,9,16H,4-5,8H2,1-3H3/t9-/m1/s1. The summed E-state index contributed by atoms with van der Waals surface area (Å²) >= 11 is 0. The van der Waals surface area contributed by atoms with Crippen molar-refractivity contribution >= 4 is 16.9 Å². The van der Waals surface area contributed by atoms with E-state index in [-0.39, 0.29) is 23.0 Å². The molecule has 3 rings (SSSR count). The zero-order valence-electron chi connectivity index (χ0n) is 13.4. The third kappa shape index (κ3) is 2.55. The van der Waals surface area contributed by atoms with Crippen LogP contribution in [-0.4, -0.2) is 50.6 Å². The van der Waals surface area contributed by atoms with Crippen LogP contribution >= 0.6 is 0 Å². The summed E-state index contributed by atoms with van der Waals surface area (Å²) in [4.78, 5) is 42.7. The zero-order chi connectivity index (χ0) is 16.7. The van der Waals surface area contributed by atoms with Gasteiger partial charge in [0.2, 0.25) is 0 Å². The molecule has 1 aliphatic heterocycles. The van der Waals surface area contributed by atoms with Crippen LogP contribution in [-0.2, 0) is 14.1 Å². The van der Waals surface area contributed by atoms with Crippen LogP contribution in [0.1, 0.15) is 17.3 Å². The predicted molar refractivity (Wildman–Crippen MR) is 85.6 cm³/mol. The molecule has 0 unspecified atom stereocenters. The quantitative estimate of drug-likeness (QED) is 0.734. The average molecular weight is 317 g/mol. The third-order valence-electron chi connectivity index (χ3n) is 4.20. The molecule has 0 aliphatic carbocycles. The van der Waals surface area contributed by atoms with Crippen LogP contribution in [0.5, 0.6) is 0 Å². The smallest absolute Gasteiger partial charge is 0.332 e. The fraction of sp³-hybridized carbons (Fsp3) is 0.467. The highest BCUT2D eigenvalue weighted by atomic mass is 16.2. The van der Waals surface area contributed by atoms with E-state index in [2.05, 4.69) is 10.3 Å². The number of piperazine rings is 1. The predicted octanol–water partition coefficient (Wildman–Crippen LogP) is -0.934. The molecule has 1 saturated heterocycles. The second-order valence-electron chi connectivity index (χ2n) is 5.91. The Hall–Kier alpha value is -2.48. The van der Waals surface area contributed by atoms with Crippen LogP contribution in [0.2, 0.25) is 0 Å². The van der Waals surface area contributed by atoms with Crippen molar-refractivity contribution in [2.75, 3.05) is 19.6 Å². The van der Waals surface area contributed by atoms with E-state index in [1.165, 1.54) is 23.9 Å². The number of nitrogens with zero attached hydrogens (tertiary/aromatic N) is 4. The molecule has 1 N–H and O–H groups in total. The SMILES string of the molecule is C[C@@H]1CN(C(=O)c2cnc3c(c2)c(=O)n(C)c(=O)n3C)CCN1. The Labute approximate surface area is 132 Å². The summed E-state index contributed by atoms with van der Waals surface area (Å²) in [7, 11) is 2.97. The minimum atomic E-state index is -0.445. The number of pyridine rings is 1. The molecular formula is C15H19N5O3. The molecule has 0 saturated carbocycles. The number of carbonyl (C=O) groups excluding carboxylic acids is 1. The van der Waals surface area contributed by atoms with E-state index in [9.17, 15) is 14.4 Å². The molecule has 8 nitrogen and oxygen atoms in total. The van der Waals surface area contributed by atoms with Gasteiger partial charge in [0, 0.05) is 46.0 Å². The summed E-state index contributed by atoms with van der Waals surface area (Å²) < 4.78 is 2.32. The molecule has 2 aromatic rings. The highest BCUT2D eigenvalue weighted by Crippen LogP contribution is 2.11. The van der Waals surface area contributed by atoms with Crippen LogP contribution in [0.3, 0.4) is 0 Å². The van der Waals surface area contributed by atoms with Crippen LogP contribution in [0.4, 0.5) is 0 Å². The molecule has 23 heavy (non-hydrogen) atoms. The Morgan fingerprint density at radius 1 is 1.30 bits per heavy atom. The number of hydrogen-bond donors (Lipinski definition) is 1. The van der Waals surface area contributed by atoms with E-state index in [4.69, 9.17) is 0 Å². The Bertz CT molecular complexity index is 898. The van der Waals surface area contributed by atoms with E-state index in [1.54, 1.807) is 11.9 Å². The normalized spacial score (nSPS) is 18.4. The van der Waals surface area contributed by atoms with Crippen molar-refractivity contribution in [3.8, 4) is 0 Å². The largest absolute Gasteiger partial charge is 0.336 e. The van der Waals surface area contributed by atoms with Gasteiger partial charge in [0.1, 0.15) is 5.65 Å². The Morgan fingerprint density at radius 3 is 2.74 bits per heavy atom. The highest BCUT2D eigenvalue weighted by molar-refractivity contribution is 5.96. The van der Waals surface area contributed by atoms with Gasteiger partial charge in [-0.25, -0.2) is 9.78 Å². The van der Waals surface area contributed by atoms with Crippen LogP contribution < -0.4 is 16.6 Å². The van der Waals surface area contributed by atoms with Crippen LogP contribution in [0, 0.1) is 0 Å². The summed E-state index contributed by atoms with van der Waals surface area (Å²) in [6.45, 7) is 3.99. The molecule has 122 valence electrons. The van der Waals surface area contributed by atoms with E-state index in [0.717, 1.165) is 11.1 Å². The molecule has 0 bridgehead atoms. The lowest BCUT2D eigenvalue weighted by atomic mass is 10.1. The maximum absolute atomic E-state index is 12.6. The van der Waals surface area contributed by atoms with Crippen molar-refractivity contribution in [1.29, 1.82) is 0 Å². The number of aromatic nitrogens is 3. The molecule has 0 spiro atoms. The van der Waals surface area contributed by atoms with Crippen LogP contribution in [0.25, 0.3) is 11.0 Å².